The van der Waals surface area contributed by atoms with E-state index < -0.39 is 5.82 Å². The van der Waals surface area contributed by atoms with Crippen LogP contribution < -0.4 is 5.73 Å². The zero-order valence-electron chi connectivity index (χ0n) is 11.3. The van der Waals surface area contributed by atoms with E-state index in [2.05, 4.69) is 0 Å². The third kappa shape index (κ3) is 3.57. The van der Waals surface area contributed by atoms with E-state index in [1.165, 1.54) is 17.0 Å². The summed E-state index contributed by atoms with van der Waals surface area (Å²) in [6, 6.07) is 15.1. The van der Waals surface area contributed by atoms with Gasteiger partial charge in [0.05, 0.1) is 11.8 Å². The molecule has 0 saturated heterocycles. The second-order valence-corrected chi connectivity index (χ2v) is 4.54. The molecule has 2 aromatic rings. The smallest absolute Gasteiger partial charge is 0.255 e. The zero-order valence-corrected chi connectivity index (χ0v) is 11.3. The topological polar surface area (TPSA) is 70.1 Å². The molecule has 0 aliphatic heterocycles. The van der Waals surface area contributed by atoms with Gasteiger partial charge in [-0.2, -0.15) is 5.26 Å². The molecule has 4 nitrogen and oxygen atoms in total. The Labute approximate surface area is 122 Å². The van der Waals surface area contributed by atoms with Gasteiger partial charge in [0.25, 0.3) is 5.91 Å². The Hall–Kier alpha value is -2.87. The molecule has 0 saturated carbocycles. The molecule has 0 atom stereocenters. The highest BCUT2D eigenvalue weighted by atomic mass is 19.1. The van der Waals surface area contributed by atoms with Crippen LogP contribution >= 0.6 is 0 Å². The van der Waals surface area contributed by atoms with Gasteiger partial charge in [0, 0.05) is 12.1 Å². The molecule has 0 spiro atoms. The second-order valence-electron chi connectivity index (χ2n) is 4.54. The van der Waals surface area contributed by atoms with Crippen molar-refractivity contribution in [1.82, 2.24) is 4.90 Å². The van der Waals surface area contributed by atoms with Crippen molar-refractivity contribution in [1.29, 1.82) is 5.26 Å². The minimum Gasteiger partial charge on any atom is -0.396 e. The Bertz CT molecular complexity index is 680. The van der Waals surface area contributed by atoms with Crippen LogP contribution in [0, 0.1) is 17.1 Å². The molecule has 21 heavy (non-hydrogen) atoms. The first-order valence-corrected chi connectivity index (χ1v) is 6.37. The third-order valence-corrected chi connectivity index (χ3v) is 3.01. The molecule has 106 valence electrons. The number of anilines is 1. The van der Waals surface area contributed by atoms with Crippen LogP contribution in [0.1, 0.15) is 15.9 Å². The van der Waals surface area contributed by atoms with Crippen LogP contribution in [0.15, 0.2) is 48.5 Å². The van der Waals surface area contributed by atoms with E-state index in [4.69, 9.17) is 11.0 Å². The fourth-order valence-electron chi connectivity index (χ4n) is 1.95. The average molecular weight is 283 g/mol. The van der Waals surface area contributed by atoms with Gasteiger partial charge < -0.3 is 10.6 Å². The van der Waals surface area contributed by atoms with Crippen molar-refractivity contribution < 1.29 is 9.18 Å². The lowest BCUT2D eigenvalue weighted by Crippen LogP contribution is -2.31. The number of nitrogen functional groups attached to an aromatic ring is 1. The zero-order chi connectivity index (χ0) is 15.2. The van der Waals surface area contributed by atoms with Crippen LogP contribution in [0.25, 0.3) is 0 Å². The normalized spacial score (nSPS) is 9.90. The molecule has 2 N–H and O–H groups in total. The molecule has 2 rings (SSSR count). The number of nitrogens with zero attached hydrogens (tertiary/aromatic N) is 2. The van der Waals surface area contributed by atoms with Gasteiger partial charge in [-0.3, -0.25) is 4.79 Å². The van der Waals surface area contributed by atoms with Crippen LogP contribution in [0.5, 0.6) is 0 Å². The van der Waals surface area contributed by atoms with Crippen LogP contribution in [-0.4, -0.2) is 17.4 Å². The maximum atomic E-state index is 13.2. The number of hydrogen-bond acceptors (Lipinski definition) is 3. The molecule has 0 bridgehead atoms. The Morgan fingerprint density at radius 2 is 1.95 bits per heavy atom. The molecule has 0 fully saturated rings. The summed E-state index contributed by atoms with van der Waals surface area (Å²) in [4.78, 5) is 13.8. The molecule has 0 unspecified atom stereocenters. The summed E-state index contributed by atoms with van der Waals surface area (Å²) in [6.45, 7) is 0.259. The summed E-state index contributed by atoms with van der Waals surface area (Å²) < 4.78 is 13.2. The van der Waals surface area contributed by atoms with Gasteiger partial charge in [0.15, 0.2) is 0 Å². The lowest BCUT2D eigenvalue weighted by atomic mass is 10.1. The largest absolute Gasteiger partial charge is 0.396 e. The number of nitrogens with two attached hydrogens (primary N) is 1. The van der Waals surface area contributed by atoms with Crippen molar-refractivity contribution in [3.63, 3.8) is 0 Å². The Balaban J connectivity index is 2.23. The molecular formula is C16H14FN3O. The number of halogens is 1. The fourth-order valence-corrected chi connectivity index (χ4v) is 1.95. The van der Waals surface area contributed by atoms with Crippen molar-refractivity contribution in [3.05, 3.63) is 65.5 Å². The quantitative estimate of drug-likeness (QED) is 0.692. The lowest BCUT2D eigenvalue weighted by Gasteiger charge is -2.20. The molecule has 0 radical (unpaired) electrons. The van der Waals surface area contributed by atoms with E-state index in [1.54, 1.807) is 0 Å². The highest BCUT2D eigenvalue weighted by Gasteiger charge is 2.17. The van der Waals surface area contributed by atoms with Crippen molar-refractivity contribution in [2.24, 2.45) is 0 Å². The summed E-state index contributed by atoms with van der Waals surface area (Å²) in [5.41, 5.74) is 6.57. The maximum absolute atomic E-state index is 13.2. The summed E-state index contributed by atoms with van der Waals surface area (Å²) in [5, 5.41) is 8.88. The van der Waals surface area contributed by atoms with Crippen LogP contribution in [0.3, 0.4) is 0 Å². The molecule has 0 heterocycles. The van der Waals surface area contributed by atoms with E-state index >= 15 is 0 Å². The van der Waals surface area contributed by atoms with E-state index in [0.29, 0.717) is 6.54 Å². The molecule has 0 aliphatic carbocycles. The number of carbonyl (C=O) groups excluding carboxylic acids is 1. The molecule has 1 amide bonds. The monoisotopic (exact) mass is 283 g/mol. The number of amides is 1. The summed E-state index contributed by atoms with van der Waals surface area (Å²) in [5.74, 6) is -0.923. The van der Waals surface area contributed by atoms with Gasteiger partial charge in [-0.15, -0.1) is 0 Å². The van der Waals surface area contributed by atoms with Crippen molar-refractivity contribution >= 4 is 11.6 Å². The van der Waals surface area contributed by atoms with Gasteiger partial charge in [0.1, 0.15) is 12.4 Å². The minimum atomic E-state index is -0.568. The SMILES string of the molecule is N#CCN(Cc1ccccc1)C(=O)c1ccc(F)c(N)c1. The fraction of sp³-hybridized carbons (Fsp3) is 0.125. The van der Waals surface area contributed by atoms with E-state index in [-0.39, 0.29) is 23.7 Å². The van der Waals surface area contributed by atoms with Crippen LogP contribution in [0.4, 0.5) is 10.1 Å². The highest BCUT2D eigenvalue weighted by Crippen LogP contribution is 2.15. The molecule has 0 aromatic heterocycles. The van der Waals surface area contributed by atoms with Gasteiger partial charge in [-0.05, 0) is 23.8 Å². The highest BCUT2D eigenvalue weighted by molar-refractivity contribution is 5.95. The second kappa shape index (κ2) is 6.53. The predicted molar refractivity (Wildman–Crippen MR) is 77.6 cm³/mol. The maximum Gasteiger partial charge on any atom is 0.255 e. The summed E-state index contributed by atoms with van der Waals surface area (Å²) >= 11 is 0. The van der Waals surface area contributed by atoms with Gasteiger partial charge in [0.2, 0.25) is 0 Å². The molecule has 0 aliphatic rings. The van der Waals surface area contributed by atoms with Crippen LogP contribution in [0.2, 0.25) is 0 Å². The first-order chi connectivity index (χ1) is 10.1. The first-order valence-electron chi connectivity index (χ1n) is 6.37. The van der Waals surface area contributed by atoms with Crippen molar-refractivity contribution in [3.8, 4) is 6.07 Å². The molecule has 5 heteroatoms. The number of rotatable bonds is 4. The first kappa shape index (κ1) is 14.5. The summed E-state index contributed by atoms with van der Waals surface area (Å²) in [7, 11) is 0. The lowest BCUT2D eigenvalue weighted by molar-refractivity contribution is 0.0765. The van der Waals surface area contributed by atoms with Gasteiger partial charge in [-0.25, -0.2) is 4.39 Å². The average Bonchev–Trinajstić information content (AvgIpc) is 2.50. The number of carbonyl (C=O) groups is 1. The van der Waals surface area contributed by atoms with E-state index in [9.17, 15) is 9.18 Å². The Morgan fingerprint density at radius 1 is 1.24 bits per heavy atom. The number of hydrogen-bond donors (Lipinski definition) is 1. The predicted octanol–water partition coefficient (Wildman–Crippen LogP) is 2.57. The van der Waals surface area contributed by atoms with Gasteiger partial charge >= 0.3 is 0 Å². The van der Waals surface area contributed by atoms with Crippen LogP contribution in [-0.2, 0) is 6.54 Å². The van der Waals surface area contributed by atoms with Crippen molar-refractivity contribution in [2.45, 2.75) is 6.54 Å². The Morgan fingerprint density at radius 3 is 2.57 bits per heavy atom. The van der Waals surface area contributed by atoms with E-state index in [0.717, 1.165) is 11.6 Å². The third-order valence-electron chi connectivity index (χ3n) is 3.01. The molecule has 2 aromatic carbocycles. The van der Waals surface area contributed by atoms with Gasteiger partial charge in [-0.1, -0.05) is 30.3 Å². The standard InChI is InChI=1S/C16H14FN3O/c17-14-7-6-13(10-15(14)19)16(21)20(9-8-18)11-12-4-2-1-3-5-12/h1-7,10H,9,11,19H2. The van der Waals surface area contributed by atoms with E-state index in [1.807, 2.05) is 36.4 Å². The number of nitriles is 1. The number of benzene rings is 2. The van der Waals surface area contributed by atoms with Crippen molar-refractivity contribution in [2.75, 3.05) is 12.3 Å². The minimum absolute atomic E-state index is 0.0506. The molecular weight excluding hydrogens is 269 g/mol. The summed E-state index contributed by atoms with van der Waals surface area (Å²) in [6.07, 6.45) is 0. The Kier molecular flexibility index (Phi) is 4.52.